The molecule has 0 atom stereocenters. The van der Waals surface area contributed by atoms with Gasteiger partial charge in [0, 0.05) is 13.1 Å². The third-order valence-electron chi connectivity index (χ3n) is 5.76. The second-order valence-electron chi connectivity index (χ2n) is 9.41. The van der Waals surface area contributed by atoms with Gasteiger partial charge in [-0.25, -0.2) is 19.2 Å². The molecule has 1 aliphatic carbocycles. The summed E-state index contributed by atoms with van der Waals surface area (Å²) >= 11 is 11.0. The van der Waals surface area contributed by atoms with Crippen LogP contribution in [0.25, 0.3) is 10.9 Å². The lowest BCUT2D eigenvalue weighted by Crippen LogP contribution is -2.61. The molecule has 7 nitrogen and oxygen atoms in total. The number of thioether (sulfide) groups is 1. The molecule has 2 heterocycles. The van der Waals surface area contributed by atoms with Crippen LogP contribution in [0.3, 0.4) is 0 Å². The normalized spacial score (nSPS) is 17.6. The van der Waals surface area contributed by atoms with E-state index in [2.05, 4.69) is 31.1 Å². The molecule has 180 valence electrons. The molecule has 1 saturated carbocycles. The lowest BCUT2D eigenvalue weighted by Gasteiger charge is -2.46. The molecule has 1 aromatic carbocycles. The standard InChI is InChI=1S/C22H27BrClFN4O3S/c1-21(2,3)32-20(30)28-22(7-5-8-22)11-29-9-6-10-31-17-12-16(15(25)13(23)14(17)24)26-19(33-4)27-18(12)29/h5-11H2,1-4H3,(H,28,30). The SMILES string of the molecule is CSc1nc2c3c(c(Cl)c(Br)c(F)c3n1)OCCCN2CC1(NC(=O)OC(C)(C)C)CCC1. The van der Waals surface area contributed by atoms with Gasteiger partial charge in [-0.2, -0.15) is 0 Å². The van der Waals surface area contributed by atoms with Crippen LogP contribution in [0.2, 0.25) is 5.02 Å². The number of halogens is 3. The summed E-state index contributed by atoms with van der Waals surface area (Å²) in [5.41, 5.74) is -0.873. The predicted octanol–water partition coefficient (Wildman–Crippen LogP) is 5.94. The van der Waals surface area contributed by atoms with Crippen LogP contribution in [0.15, 0.2) is 9.63 Å². The average Bonchev–Trinajstić information content (AvgIpc) is 2.70. The van der Waals surface area contributed by atoms with E-state index in [0.29, 0.717) is 48.2 Å². The molecule has 4 rings (SSSR count). The Balaban J connectivity index is 1.78. The van der Waals surface area contributed by atoms with E-state index in [-0.39, 0.29) is 15.0 Å². The summed E-state index contributed by atoms with van der Waals surface area (Å²) in [4.78, 5) is 23.8. The Hall–Kier alpha value is -1.52. The molecule has 1 N–H and O–H groups in total. The summed E-state index contributed by atoms with van der Waals surface area (Å²) in [6.07, 6.45) is 4.78. The van der Waals surface area contributed by atoms with Crippen molar-refractivity contribution in [3.8, 4) is 5.75 Å². The first-order valence-electron chi connectivity index (χ1n) is 10.8. The zero-order valence-corrected chi connectivity index (χ0v) is 22.2. The van der Waals surface area contributed by atoms with Gasteiger partial charge in [0.2, 0.25) is 0 Å². The number of amides is 1. The molecule has 0 radical (unpaired) electrons. The van der Waals surface area contributed by atoms with E-state index in [1.54, 1.807) is 0 Å². The van der Waals surface area contributed by atoms with E-state index >= 15 is 4.39 Å². The number of benzene rings is 1. The van der Waals surface area contributed by atoms with Gasteiger partial charge >= 0.3 is 6.09 Å². The zero-order valence-electron chi connectivity index (χ0n) is 19.1. The van der Waals surface area contributed by atoms with E-state index < -0.39 is 23.1 Å². The molecule has 0 spiro atoms. The molecule has 2 aliphatic rings. The first-order chi connectivity index (χ1) is 15.5. The number of aromatic nitrogens is 2. The van der Waals surface area contributed by atoms with Crippen LogP contribution in [0, 0.1) is 5.82 Å². The maximum atomic E-state index is 15.2. The van der Waals surface area contributed by atoms with Gasteiger partial charge < -0.3 is 19.7 Å². The average molecular weight is 562 g/mol. The van der Waals surface area contributed by atoms with Gasteiger partial charge in [0.25, 0.3) is 0 Å². The van der Waals surface area contributed by atoms with Gasteiger partial charge in [-0.05, 0) is 68.6 Å². The summed E-state index contributed by atoms with van der Waals surface area (Å²) in [5.74, 6) is 0.381. The van der Waals surface area contributed by atoms with Crippen LogP contribution in [0.1, 0.15) is 46.5 Å². The van der Waals surface area contributed by atoms with Crippen LogP contribution >= 0.6 is 39.3 Å². The number of hydrogen-bond donors (Lipinski definition) is 1. The zero-order chi connectivity index (χ0) is 24.0. The highest BCUT2D eigenvalue weighted by molar-refractivity contribution is 9.10. The molecule has 1 fully saturated rings. The fourth-order valence-corrected chi connectivity index (χ4v) is 5.12. The second kappa shape index (κ2) is 9.26. The van der Waals surface area contributed by atoms with Crippen molar-refractivity contribution in [2.75, 3.05) is 30.9 Å². The van der Waals surface area contributed by atoms with Crippen molar-refractivity contribution in [1.82, 2.24) is 15.3 Å². The van der Waals surface area contributed by atoms with Crippen LogP contribution < -0.4 is 15.0 Å². The minimum atomic E-state index is -0.584. The highest BCUT2D eigenvalue weighted by Crippen LogP contribution is 2.46. The van der Waals surface area contributed by atoms with Crippen molar-refractivity contribution in [2.45, 2.75) is 62.8 Å². The maximum absolute atomic E-state index is 15.2. The summed E-state index contributed by atoms with van der Waals surface area (Å²) in [5, 5.41) is 4.15. The van der Waals surface area contributed by atoms with Gasteiger partial charge in [0.05, 0.1) is 22.0 Å². The van der Waals surface area contributed by atoms with E-state index in [0.717, 1.165) is 19.3 Å². The molecule has 33 heavy (non-hydrogen) atoms. The minimum Gasteiger partial charge on any atom is -0.491 e. The molecule has 1 amide bonds. The quantitative estimate of drug-likeness (QED) is 0.281. The van der Waals surface area contributed by atoms with E-state index in [9.17, 15) is 4.79 Å². The maximum Gasteiger partial charge on any atom is 0.408 e. The van der Waals surface area contributed by atoms with Crippen LogP contribution in [0.5, 0.6) is 5.75 Å². The Labute approximate surface area is 210 Å². The summed E-state index contributed by atoms with van der Waals surface area (Å²) in [6, 6.07) is 0. The second-order valence-corrected chi connectivity index (χ2v) is 11.4. The Morgan fingerprint density at radius 1 is 1.36 bits per heavy atom. The summed E-state index contributed by atoms with van der Waals surface area (Å²) < 4.78 is 26.8. The topological polar surface area (TPSA) is 76.6 Å². The highest BCUT2D eigenvalue weighted by Gasteiger charge is 2.42. The van der Waals surface area contributed by atoms with Gasteiger partial charge in [0.15, 0.2) is 16.7 Å². The number of carbonyl (C=O) groups excluding carboxylic acids is 1. The Morgan fingerprint density at radius 3 is 2.70 bits per heavy atom. The number of carbonyl (C=O) groups is 1. The third kappa shape index (κ3) is 4.98. The largest absolute Gasteiger partial charge is 0.491 e. The van der Waals surface area contributed by atoms with Crippen LogP contribution in [-0.2, 0) is 4.74 Å². The van der Waals surface area contributed by atoms with E-state index in [1.807, 2.05) is 27.0 Å². The number of anilines is 1. The van der Waals surface area contributed by atoms with Gasteiger partial charge in [-0.15, -0.1) is 0 Å². The van der Waals surface area contributed by atoms with Crippen molar-refractivity contribution < 1.29 is 18.7 Å². The van der Waals surface area contributed by atoms with Crippen molar-refractivity contribution in [3.05, 3.63) is 15.3 Å². The lowest BCUT2D eigenvalue weighted by molar-refractivity contribution is 0.0390. The number of alkyl carbamates (subject to hydrolysis) is 1. The number of nitrogens with zero attached hydrogens (tertiary/aromatic N) is 3. The van der Waals surface area contributed by atoms with Crippen LogP contribution in [0.4, 0.5) is 15.0 Å². The Bertz CT molecular complexity index is 1090. The first kappa shape index (κ1) is 24.6. The Morgan fingerprint density at radius 2 is 2.09 bits per heavy atom. The van der Waals surface area contributed by atoms with Crippen molar-refractivity contribution in [2.24, 2.45) is 0 Å². The number of hydrogen-bond acceptors (Lipinski definition) is 7. The molecule has 0 unspecified atom stereocenters. The third-order valence-corrected chi connectivity index (χ3v) is 7.64. The van der Waals surface area contributed by atoms with Gasteiger partial charge in [-0.1, -0.05) is 23.4 Å². The predicted molar refractivity (Wildman–Crippen MR) is 132 cm³/mol. The highest BCUT2D eigenvalue weighted by atomic mass is 79.9. The van der Waals surface area contributed by atoms with Gasteiger partial charge in [-0.3, -0.25) is 0 Å². The molecule has 11 heteroatoms. The smallest absolute Gasteiger partial charge is 0.408 e. The molecule has 1 aromatic heterocycles. The fraction of sp³-hybridized carbons (Fsp3) is 0.591. The monoisotopic (exact) mass is 560 g/mol. The number of ether oxygens (including phenoxy) is 2. The van der Waals surface area contributed by atoms with E-state index in [1.165, 1.54) is 11.8 Å². The Kier molecular flexibility index (Phi) is 6.90. The van der Waals surface area contributed by atoms with Crippen molar-refractivity contribution >= 4 is 62.1 Å². The number of rotatable bonds is 4. The number of nitrogens with one attached hydrogen (secondary N) is 1. The summed E-state index contributed by atoms with van der Waals surface area (Å²) in [7, 11) is 0. The summed E-state index contributed by atoms with van der Waals surface area (Å²) in [6.45, 7) is 7.08. The first-order valence-corrected chi connectivity index (χ1v) is 13.2. The molecular weight excluding hydrogens is 535 g/mol. The fourth-order valence-electron chi connectivity index (χ4n) is 4.16. The van der Waals surface area contributed by atoms with Crippen molar-refractivity contribution in [3.63, 3.8) is 0 Å². The molecule has 0 bridgehead atoms. The van der Waals surface area contributed by atoms with Crippen LogP contribution in [-0.4, -0.2) is 53.2 Å². The lowest BCUT2D eigenvalue weighted by atomic mass is 9.76. The van der Waals surface area contributed by atoms with Crippen molar-refractivity contribution in [1.29, 1.82) is 0 Å². The minimum absolute atomic E-state index is 0.123. The van der Waals surface area contributed by atoms with E-state index in [4.69, 9.17) is 26.1 Å². The molecule has 0 saturated heterocycles. The molecular formula is C22H27BrClFN4O3S. The van der Waals surface area contributed by atoms with Gasteiger partial charge in [0.1, 0.15) is 22.0 Å². The molecule has 1 aliphatic heterocycles. The molecule has 2 aromatic rings.